The van der Waals surface area contributed by atoms with Crippen LogP contribution in [0, 0.1) is 6.92 Å². The van der Waals surface area contributed by atoms with Crippen LogP contribution in [0.15, 0.2) is 5.16 Å². The first-order valence-electron chi connectivity index (χ1n) is 10.2. The zero-order valence-electron chi connectivity index (χ0n) is 16.4. The lowest BCUT2D eigenvalue weighted by atomic mass is 9.97. The molecular formula is C20H25N5OS2. The Morgan fingerprint density at radius 2 is 1.89 bits per heavy atom. The normalized spacial score (nSPS) is 18.6. The predicted octanol–water partition coefficient (Wildman–Crippen LogP) is 4.02. The van der Waals surface area contributed by atoms with Gasteiger partial charge in [-0.3, -0.25) is 9.20 Å². The number of hydrogen-bond acceptors (Lipinski definition) is 6. The zero-order chi connectivity index (χ0) is 19.3. The Hall–Kier alpha value is -1.67. The molecule has 1 saturated heterocycles. The van der Waals surface area contributed by atoms with E-state index in [0.717, 1.165) is 60.2 Å². The Balaban J connectivity index is 1.51. The molecule has 0 N–H and O–H groups in total. The third-order valence-corrected chi connectivity index (χ3v) is 8.11. The van der Waals surface area contributed by atoms with E-state index < -0.39 is 0 Å². The molecule has 1 atom stereocenters. The van der Waals surface area contributed by atoms with E-state index in [9.17, 15) is 4.79 Å². The molecule has 0 aromatic carbocycles. The van der Waals surface area contributed by atoms with Crippen LogP contribution in [-0.2, 0) is 17.6 Å². The Morgan fingerprint density at radius 3 is 2.71 bits per heavy atom. The molecule has 1 unspecified atom stereocenters. The summed E-state index contributed by atoms with van der Waals surface area (Å²) in [5, 5.41) is 10.8. The molecule has 5 rings (SSSR count). The highest BCUT2D eigenvalue weighted by atomic mass is 32.2. The maximum absolute atomic E-state index is 12.8. The number of likely N-dealkylation sites (tertiary alicyclic amines) is 1. The second kappa shape index (κ2) is 7.30. The zero-order valence-corrected chi connectivity index (χ0v) is 18.0. The van der Waals surface area contributed by atoms with E-state index in [1.807, 2.05) is 30.1 Å². The number of aromatic nitrogens is 4. The minimum Gasteiger partial charge on any atom is -0.342 e. The molecule has 6 nitrogen and oxygen atoms in total. The Morgan fingerprint density at radius 1 is 1.11 bits per heavy atom. The summed E-state index contributed by atoms with van der Waals surface area (Å²) in [6.45, 7) is 5.76. The Labute approximate surface area is 172 Å². The molecule has 1 amide bonds. The van der Waals surface area contributed by atoms with Gasteiger partial charge in [-0.2, -0.15) is 0 Å². The van der Waals surface area contributed by atoms with Crippen molar-refractivity contribution < 1.29 is 4.79 Å². The highest BCUT2D eigenvalue weighted by Crippen LogP contribution is 2.38. The van der Waals surface area contributed by atoms with Gasteiger partial charge in [0.05, 0.1) is 10.6 Å². The summed E-state index contributed by atoms with van der Waals surface area (Å²) in [6, 6.07) is 0. The number of nitrogens with zero attached hydrogens (tertiary/aromatic N) is 5. The summed E-state index contributed by atoms with van der Waals surface area (Å²) in [6.07, 6.45) is 8.21. The summed E-state index contributed by atoms with van der Waals surface area (Å²) in [5.41, 5.74) is 2.33. The van der Waals surface area contributed by atoms with Gasteiger partial charge in [-0.1, -0.05) is 11.8 Å². The number of aryl methyl sites for hydroxylation is 3. The third kappa shape index (κ3) is 3.01. The minimum absolute atomic E-state index is 0.169. The van der Waals surface area contributed by atoms with Crippen LogP contribution >= 0.6 is 23.1 Å². The number of rotatable bonds is 3. The molecule has 3 aromatic rings. The van der Waals surface area contributed by atoms with Crippen molar-refractivity contribution >= 4 is 44.9 Å². The third-order valence-electron chi connectivity index (χ3n) is 5.89. The summed E-state index contributed by atoms with van der Waals surface area (Å²) in [5.74, 6) is 1.10. The molecule has 0 spiro atoms. The van der Waals surface area contributed by atoms with Gasteiger partial charge in [0.15, 0.2) is 10.8 Å². The first kappa shape index (κ1) is 18.4. The lowest BCUT2D eigenvalue weighted by molar-refractivity contribution is -0.131. The van der Waals surface area contributed by atoms with E-state index in [1.165, 1.54) is 46.9 Å². The number of fused-ring (bicyclic) bond motifs is 5. The van der Waals surface area contributed by atoms with Gasteiger partial charge in [-0.25, -0.2) is 4.98 Å². The van der Waals surface area contributed by atoms with Crippen molar-refractivity contribution in [3.63, 3.8) is 0 Å². The number of piperidine rings is 1. The number of amides is 1. The second-order valence-electron chi connectivity index (χ2n) is 7.84. The molecule has 1 aliphatic carbocycles. The summed E-state index contributed by atoms with van der Waals surface area (Å²) >= 11 is 3.32. The van der Waals surface area contributed by atoms with Crippen molar-refractivity contribution in [3.05, 3.63) is 16.3 Å². The van der Waals surface area contributed by atoms with Crippen molar-refractivity contribution in [2.75, 3.05) is 13.1 Å². The van der Waals surface area contributed by atoms with Gasteiger partial charge in [0.1, 0.15) is 10.7 Å². The lowest BCUT2D eigenvalue weighted by Gasteiger charge is -2.28. The molecule has 28 heavy (non-hydrogen) atoms. The molecule has 0 radical (unpaired) electrons. The van der Waals surface area contributed by atoms with Gasteiger partial charge in [0.2, 0.25) is 5.91 Å². The number of thiophene rings is 1. The van der Waals surface area contributed by atoms with Gasteiger partial charge >= 0.3 is 0 Å². The van der Waals surface area contributed by atoms with E-state index in [-0.39, 0.29) is 11.2 Å². The smallest absolute Gasteiger partial charge is 0.235 e. The van der Waals surface area contributed by atoms with Gasteiger partial charge in [-0.15, -0.1) is 21.5 Å². The maximum Gasteiger partial charge on any atom is 0.235 e. The molecule has 3 aromatic heterocycles. The van der Waals surface area contributed by atoms with Crippen molar-refractivity contribution in [2.24, 2.45) is 0 Å². The summed E-state index contributed by atoms with van der Waals surface area (Å²) < 4.78 is 2.05. The van der Waals surface area contributed by atoms with Gasteiger partial charge in [0.25, 0.3) is 0 Å². The highest BCUT2D eigenvalue weighted by molar-refractivity contribution is 8.00. The number of hydrogen-bond donors (Lipinski definition) is 0. The van der Waals surface area contributed by atoms with Crippen molar-refractivity contribution in [1.82, 2.24) is 24.5 Å². The fourth-order valence-electron chi connectivity index (χ4n) is 4.44. The van der Waals surface area contributed by atoms with E-state index in [2.05, 4.69) is 14.6 Å². The van der Waals surface area contributed by atoms with E-state index in [1.54, 1.807) is 0 Å². The molecule has 0 saturated carbocycles. The van der Waals surface area contributed by atoms with Crippen LogP contribution in [0.1, 0.15) is 55.3 Å². The molecule has 2 aliphatic rings. The first-order chi connectivity index (χ1) is 13.6. The monoisotopic (exact) mass is 415 g/mol. The average molecular weight is 416 g/mol. The van der Waals surface area contributed by atoms with Gasteiger partial charge in [0, 0.05) is 18.0 Å². The van der Waals surface area contributed by atoms with Crippen LogP contribution < -0.4 is 0 Å². The van der Waals surface area contributed by atoms with E-state index in [0.29, 0.717) is 0 Å². The Kier molecular flexibility index (Phi) is 4.79. The average Bonchev–Trinajstić information content (AvgIpc) is 3.29. The molecule has 0 bridgehead atoms. The molecular weight excluding hydrogens is 390 g/mol. The lowest BCUT2D eigenvalue weighted by Crippen LogP contribution is -2.40. The van der Waals surface area contributed by atoms with Crippen molar-refractivity contribution in [3.8, 4) is 0 Å². The van der Waals surface area contributed by atoms with Crippen molar-refractivity contribution in [2.45, 2.75) is 69.2 Å². The molecule has 8 heteroatoms. The quantitative estimate of drug-likeness (QED) is 0.605. The minimum atomic E-state index is -0.169. The van der Waals surface area contributed by atoms with Crippen LogP contribution in [-0.4, -0.2) is 48.7 Å². The van der Waals surface area contributed by atoms with E-state index in [4.69, 9.17) is 4.98 Å². The summed E-state index contributed by atoms with van der Waals surface area (Å²) in [7, 11) is 0. The van der Waals surface area contributed by atoms with Crippen LogP contribution in [0.4, 0.5) is 0 Å². The SMILES string of the molecule is Cc1nc2sc3c(c2c2nnc(SC(C)C(=O)N4CCCCC4)n12)CCCC3. The van der Waals surface area contributed by atoms with Gasteiger partial charge in [-0.05, 0) is 64.4 Å². The van der Waals surface area contributed by atoms with Crippen LogP contribution in [0.5, 0.6) is 0 Å². The molecule has 1 aliphatic heterocycles. The topological polar surface area (TPSA) is 63.4 Å². The van der Waals surface area contributed by atoms with Crippen molar-refractivity contribution in [1.29, 1.82) is 0 Å². The fraction of sp³-hybridized carbons (Fsp3) is 0.600. The standard InChI is InChI=1S/C20H25N5OS2/c1-12(19(26)24-10-6-3-7-11-24)27-20-23-22-17-16-14-8-4-5-9-15(14)28-18(16)21-13(2)25(17)20/h12H,3-11H2,1-2H3. The fourth-order valence-corrected chi connectivity index (χ4v) is 6.72. The Bertz CT molecular complexity index is 1050. The molecule has 4 heterocycles. The second-order valence-corrected chi connectivity index (χ2v) is 10.2. The number of carbonyl (C=O) groups is 1. The summed E-state index contributed by atoms with van der Waals surface area (Å²) in [4.78, 5) is 22.3. The molecule has 148 valence electrons. The van der Waals surface area contributed by atoms with Gasteiger partial charge < -0.3 is 4.90 Å². The highest BCUT2D eigenvalue weighted by Gasteiger charge is 2.27. The van der Waals surface area contributed by atoms with Crippen LogP contribution in [0.25, 0.3) is 15.9 Å². The largest absolute Gasteiger partial charge is 0.342 e. The first-order valence-corrected chi connectivity index (χ1v) is 11.9. The number of carbonyl (C=O) groups excluding carboxylic acids is 1. The maximum atomic E-state index is 12.8. The van der Waals surface area contributed by atoms with Crippen LogP contribution in [0.3, 0.4) is 0 Å². The van der Waals surface area contributed by atoms with Crippen LogP contribution in [0.2, 0.25) is 0 Å². The predicted molar refractivity (Wildman–Crippen MR) is 113 cm³/mol. The number of thioether (sulfide) groups is 1. The van der Waals surface area contributed by atoms with E-state index >= 15 is 0 Å². The molecule has 1 fully saturated rings.